The van der Waals surface area contributed by atoms with Crippen LogP contribution in [0.4, 0.5) is 0 Å². The van der Waals surface area contributed by atoms with E-state index in [1.54, 1.807) is 6.92 Å². The van der Waals surface area contributed by atoms with E-state index in [1.807, 2.05) is 32.9 Å². The highest BCUT2D eigenvalue weighted by atomic mass is 16.5. The summed E-state index contributed by atoms with van der Waals surface area (Å²) in [6, 6.07) is 3.81. The van der Waals surface area contributed by atoms with E-state index in [2.05, 4.69) is 0 Å². The van der Waals surface area contributed by atoms with E-state index in [4.69, 9.17) is 4.74 Å². The van der Waals surface area contributed by atoms with Gasteiger partial charge in [0.1, 0.15) is 6.10 Å². The Morgan fingerprint density at radius 2 is 1.72 bits per heavy atom. The van der Waals surface area contributed by atoms with Crippen molar-refractivity contribution in [1.82, 2.24) is 0 Å². The summed E-state index contributed by atoms with van der Waals surface area (Å²) in [5.74, 6) is -0.802. The zero-order chi connectivity index (χ0) is 13.9. The Morgan fingerprint density at radius 3 is 2.17 bits per heavy atom. The first-order valence-electron chi connectivity index (χ1n) is 5.99. The van der Waals surface area contributed by atoms with Crippen LogP contribution >= 0.6 is 0 Å². The second-order valence-electron chi connectivity index (χ2n) is 4.45. The molecular formula is C14H20O4. The van der Waals surface area contributed by atoms with Crippen LogP contribution in [0.15, 0.2) is 12.1 Å². The number of carbonyl (C=O) groups excluding carboxylic acids is 1. The molecule has 4 nitrogen and oxygen atoms in total. The Balaban J connectivity index is 3.03. The third-order valence-electron chi connectivity index (χ3n) is 2.86. The zero-order valence-corrected chi connectivity index (χ0v) is 11.2. The minimum Gasteiger partial charge on any atom is -0.464 e. The lowest BCUT2D eigenvalue weighted by Gasteiger charge is -2.21. The zero-order valence-electron chi connectivity index (χ0n) is 11.2. The van der Waals surface area contributed by atoms with Crippen molar-refractivity contribution in [1.29, 1.82) is 0 Å². The van der Waals surface area contributed by atoms with E-state index in [0.717, 1.165) is 16.7 Å². The Kier molecular flexibility index (Phi) is 4.87. The molecule has 100 valence electrons. The molecule has 2 N–H and O–H groups in total. The molecule has 0 bridgehead atoms. The molecule has 4 heteroatoms. The van der Waals surface area contributed by atoms with Gasteiger partial charge in [0, 0.05) is 0 Å². The molecule has 0 aliphatic heterocycles. The standard InChI is InChI=1S/C14H20O4/c1-5-18-14(17)13(16)12(15)11-9(3)6-8(2)7-10(11)4/h6-7,12-13,15-16H,5H2,1-4H3. The topological polar surface area (TPSA) is 66.8 Å². The fourth-order valence-corrected chi connectivity index (χ4v) is 2.17. The van der Waals surface area contributed by atoms with Crippen LogP contribution in [-0.4, -0.2) is 28.9 Å². The number of hydrogen-bond donors (Lipinski definition) is 2. The maximum Gasteiger partial charge on any atom is 0.338 e. The van der Waals surface area contributed by atoms with Gasteiger partial charge in [0.25, 0.3) is 0 Å². The minimum absolute atomic E-state index is 0.175. The van der Waals surface area contributed by atoms with E-state index in [0.29, 0.717) is 5.56 Å². The van der Waals surface area contributed by atoms with Crippen molar-refractivity contribution in [2.24, 2.45) is 0 Å². The van der Waals surface area contributed by atoms with Crippen LogP contribution in [0.25, 0.3) is 0 Å². The van der Waals surface area contributed by atoms with Crippen molar-refractivity contribution < 1.29 is 19.7 Å². The summed E-state index contributed by atoms with van der Waals surface area (Å²) in [5.41, 5.74) is 3.36. The minimum atomic E-state index is -1.55. The normalized spacial score (nSPS) is 14.1. The van der Waals surface area contributed by atoms with Gasteiger partial charge in [-0.15, -0.1) is 0 Å². The SMILES string of the molecule is CCOC(=O)C(O)C(O)c1c(C)cc(C)cc1C. The average molecular weight is 252 g/mol. The van der Waals surface area contributed by atoms with Gasteiger partial charge in [-0.3, -0.25) is 0 Å². The number of esters is 1. The molecule has 0 aliphatic carbocycles. The molecule has 0 radical (unpaired) electrons. The Labute approximate surface area is 107 Å². The third-order valence-corrected chi connectivity index (χ3v) is 2.86. The Bertz CT molecular complexity index is 416. The fraction of sp³-hybridized carbons (Fsp3) is 0.500. The van der Waals surface area contributed by atoms with Gasteiger partial charge < -0.3 is 14.9 Å². The molecule has 0 heterocycles. The third kappa shape index (κ3) is 3.09. The first-order valence-corrected chi connectivity index (χ1v) is 5.99. The van der Waals surface area contributed by atoms with Gasteiger partial charge >= 0.3 is 5.97 Å². The largest absolute Gasteiger partial charge is 0.464 e. The maximum atomic E-state index is 11.4. The highest BCUT2D eigenvalue weighted by Gasteiger charge is 2.29. The van der Waals surface area contributed by atoms with Crippen LogP contribution in [0.5, 0.6) is 0 Å². The molecule has 2 unspecified atom stereocenters. The van der Waals surface area contributed by atoms with E-state index in [-0.39, 0.29) is 6.61 Å². The highest BCUT2D eigenvalue weighted by Crippen LogP contribution is 2.26. The van der Waals surface area contributed by atoms with E-state index >= 15 is 0 Å². The molecule has 2 atom stereocenters. The van der Waals surface area contributed by atoms with E-state index in [1.165, 1.54) is 0 Å². The summed E-state index contributed by atoms with van der Waals surface area (Å²) in [7, 11) is 0. The van der Waals surface area contributed by atoms with E-state index < -0.39 is 18.2 Å². The van der Waals surface area contributed by atoms with Crippen LogP contribution in [0.1, 0.15) is 35.3 Å². The lowest BCUT2D eigenvalue weighted by molar-refractivity contribution is -0.159. The van der Waals surface area contributed by atoms with Gasteiger partial charge in [0.15, 0.2) is 6.10 Å². The number of hydrogen-bond acceptors (Lipinski definition) is 4. The van der Waals surface area contributed by atoms with Crippen LogP contribution in [0.2, 0.25) is 0 Å². The summed E-state index contributed by atoms with van der Waals surface area (Å²) in [6.07, 6.45) is -2.81. The van der Waals surface area contributed by atoms with Gasteiger partial charge in [0.2, 0.25) is 0 Å². The molecule has 0 saturated heterocycles. The molecule has 0 aromatic heterocycles. The lowest BCUT2D eigenvalue weighted by Crippen LogP contribution is -2.30. The summed E-state index contributed by atoms with van der Waals surface area (Å²) in [5, 5.41) is 19.9. The summed E-state index contributed by atoms with van der Waals surface area (Å²) in [4.78, 5) is 11.4. The molecule has 0 saturated carbocycles. The molecule has 1 aromatic rings. The Hall–Kier alpha value is -1.39. The lowest BCUT2D eigenvalue weighted by atomic mass is 9.93. The van der Waals surface area contributed by atoms with Crippen molar-refractivity contribution in [2.75, 3.05) is 6.61 Å². The molecule has 0 spiro atoms. The monoisotopic (exact) mass is 252 g/mol. The van der Waals surface area contributed by atoms with Crippen molar-refractivity contribution in [3.63, 3.8) is 0 Å². The van der Waals surface area contributed by atoms with Crippen molar-refractivity contribution in [3.05, 3.63) is 34.4 Å². The van der Waals surface area contributed by atoms with Gasteiger partial charge in [-0.05, 0) is 44.4 Å². The number of rotatable bonds is 4. The average Bonchev–Trinajstić information content (AvgIpc) is 2.26. The summed E-state index contributed by atoms with van der Waals surface area (Å²) in [6.45, 7) is 7.47. The van der Waals surface area contributed by atoms with Crippen molar-refractivity contribution in [3.8, 4) is 0 Å². The first kappa shape index (κ1) is 14.7. The van der Waals surface area contributed by atoms with Crippen LogP contribution in [0.3, 0.4) is 0 Å². The second kappa shape index (κ2) is 5.98. The van der Waals surface area contributed by atoms with Crippen LogP contribution < -0.4 is 0 Å². The van der Waals surface area contributed by atoms with E-state index in [9.17, 15) is 15.0 Å². The number of aliphatic hydroxyl groups excluding tert-OH is 2. The molecular weight excluding hydrogens is 232 g/mol. The fourth-order valence-electron chi connectivity index (χ4n) is 2.17. The summed E-state index contributed by atoms with van der Waals surface area (Å²) >= 11 is 0. The maximum absolute atomic E-state index is 11.4. The first-order chi connectivity index (χ1) is 8.38. The molecule has 0 aliphatic rings. The van der Waals surface area contributed by atoms with Gasteiger partial charge in [0.05, 0.1) is 6.61 Å². The molecule has 1 rings (SSSR count). The second-order valence-corrected chi connectivity index (χ2v) is 4.45. The number of aliphatic hydroxyl groups is 2. The molecule has 0 amide bonds. The smallest absolute Gasteiger partial charge is 0.338 e. The number of carbonyl (C=O) groups is 1. The molecule has 18 heavy (non-hydrogen) atoms. The number of ether oxygens (including phenoxy) is 1. The highest BCUT2D eigenvalue weighted by molar-refractivity contribution is 5.75. The van der Waals surface area contributed by atoms with Crippen molar-refractivity contribution >= 4 is 5.97 Å². The van der Waals surface area contributed by atoms with Gasteiger partial charge in [-0.25, -0.2) is 4.79 Å². The predicted molar refractivity (Wildman–Crippen MR) is 68.3 cm³/mol. The van der Waals surface area contributed by atoms with Gasteiger partial charge in [-0.1, -0.05) is 17.7 Å². The van der Waals surface area contributed by atoms with Gasteiger partial charge in [-0.2, -0.15) is 0 Å². The quantitative estimate of drug-likeness (QED) is 0.798. The molecule has 0 fully saturated rings. The van der Waals surface area contributed by atoms with Crippen LogP contribution in [0, 0.1) is 20.8 Å². The number of benzene rings is 1. The van der Waals surface area contributed by atoms with Crippen LogP contribution in [-0.2, 0) is 9.53 Å². The Morgan fingerprint density at radius 1 is 1.22 bits per heavy atom. The molecule has 1 aromatic carbocycles. The predicted octanol–water partition coefficient (Wildman–Crippen LogP) is 1.57. The van der Waals surface area contributed by atoms with Crippen molar-refractivity contribution in [2.45, 2.75) is 39.9 Å². The number of aryl methyl sites for hydroxylation is 3. The summed E-state index contributed by atoms with van der Waals surface area (Å²) < 4.78 is 4.70.